The van der Waals surface area contributed by atoms with Gasteiger partial charge in [0.1, 0.15) is 6.71 Å². The van der Waals surface area contributed by atoms with Crippen LogP contribution in [-0.2, 0) is 0 Å². The molecule has 11 heavy (non-hydrogen) atoms. The first kappa shape index (κ1) is 14.6. The van der Waals surface area contributed by atoms with E-state index < -0.39 is 0 Å². The molecule has 0 nitrogen and oxygen atoms in total. The molecule has 0 spiro atoms. The molecule has 0 aromatic heterocycles. The normalized spacial score (nSPS) is 9.00. The van der Waals surface area contributed by atoms with Crippen molar-refractivity contribution >= 4 is 6.71 Å². The quantitative estimate of drug-likeness (QED) is 0.510. The van der Waals surface area contributed by atoms with Gasteiger partial charge in [0.2, 0.25) is 0 Å². The van der Waals surface area contributed by atoms with Gasteiger partial charge in [0.15, 0.2) is 0 Å². The summed E-state index contributed by atoms with van der Waals surface area (Å²) in [5, 5.41) is 0. The number of hydrogen-bond acceptors (Lipinski definition) is 0. The molecule has 0 radical (unpaired) electrons. The molecule has 0 aliphatic heterocycles. The largest absolute Gasteiger partial charge is 1.00 e. The Morgan fingerprint density at radius 3 is 1.27 bits per heavy atom. The summed E-state index contributed by atoms with van der Waals surface area (Å²) in [7, 11) is 0. The Labute approximate surface area is 96.4 Å². The summed E-state index contributed by atoms with van der Waals surface area (Å²) < 4.78 is 0. The molecule has 2 heteroatoms. The first-order chi connectivity index (χ1) is 4.85. The zero-order chi connectivity index (χ0) is 7.82. The fourth-order valence-corrected chi connectivity index (χ4v) is 1.66. The van der Waals surface area contributed by atoms with Crippen LogP contribution in [0.3, 0.4) is 0 Å². The maximum atomic E-state index is 2.29. The van der Waals surface area contributed by atoms with E-state index in [9.17, 15) is 0 Å². The molecule has 0 aliphatic carbocycles. The van der Waals surface area contributed by atoms with E-state index in [4.69, 9.17) is 0 Å². The Morgan fingerprint density at radius 2 is 1.09 bits per heavy atom. The molecule has 0 saturated carbocycles. The van der Waals surface area contributed by atoms with Crippen LogP contribution in [0.15, 0.2) is 0 Å². The summed E-state index contributed by atoms with van der Waals surface area (Å²) in [4.78, 5) is 0. The molecule has 0 fully saturated rings. The van der Waals surface area contributed by atoms with Crippen molar-refractivity contribution in [3.63, 3.8) is 0 Å². The van der Waals surface area contributed by atoms with E-state index in [0.717, 1.165) is 6.71 Å². The second kappa shape index (κ2) is 11.1. The third kappa shape index (κ3) is 8.98. The zero-order valence-corrected chi connectivity index (χ0v) is 10.8. The van der Waals surface area contributed by atoms with E-state index in [1.807, 2.05) is 0 Å². The summed E-state index contributed by atoms with van der Waals surface area (Å²) in [5.74, 6) is 0. The fraction of sp³-hybridized carbons (Fsp3) is 1.00. The molecule has 0 atom stereocenters. The van der Waals surface area contributed by atoms with Crippen LogP contribution in [0, 0.1) is 0 Å². The van der Waals surface area contributed by atoms with Crippen LogP contribution in [-0.4, -0.2) is 6.71 Å². The number of hydrogen-bond donors (Lipinski definition) is 0. The van der Waals surface area contributed by atoms with Gasteiger partial charge in [-0.3, -0.25) is 0 Å². The molecule has 0 bridgehead atoms. The second-order valence-electron chi connectivity index (χ2n) is 3.23. The van der Waals surface area contributed by atoms with E-state index in [1.54, 1.807) is 0 Å². The molecule has 0 aromatic carbocycles. The smallest absolute Gasteiger partial charge is 1.00 e. The van der Waals surface area contributed by atoms with Gasteiger partial charge in [-0.25, -0.2) is 0 Å². The summed E-state index contributed by atoms with van der Waals surface area (Å²) >= 11 is 0. The Bertz CT molecular complexity index is 57.3. The summed E-state index contributed by atoms with van der Waals surface area (Å²) in [5.41, 5.74) is 0. The predicted molar refractivity (Wildman–Crippen MR) is 52.2 cm³/mol. The van der Waals surface area contributed by atoms with Gasteiger partial charge < -0.3 is 1.43 Å². The molecule has 0 saturated heterocycles. The Morgan fingerprint density at radius 1 is 0.818 bits per heavy atom. The van der Waals surface area contributed by atoms with Crippen LogP contribution in [0.4, 0.5) is 0 Å². The van der Waals surface area contributed by atoms with Gasteiger partial charge in [0, 0.05) is 0 Å². The van der Waals surface area contributed by atoms with Crippen molar-refractivity contribution in [2.75, 3.05) is 0 Å². The second-order valence-corrected chi connectivity index (χ2v) is 3.23. The average molecular weight is 164 g/mol. The molecule has 62 valence electrons. The van der Waals surface area contributed by atoms with Crippen molar-refractivity contribution in [3.8, 4) is 0 Å². The molecule has 0 aliphatic rings. The summed E-state index contributed by atoms with van der Waals surface area (Å²) in [6.45, 7) is 7.90. The summed E-state index contributed by atoms with van der Waals surface area (Å²) in [6.07, 6.45) is 8.44. The predicted octanol–water partition coefficient (Wildman–Crippen LogP) is 0.828. The summed E-state index contributed by atoms with van der Waals surface area (Å²) in [6, 6.07) is 0. The maximum absolute atomic E-state index is 2.29. The minimum atomic E-state index is 0. The number of rotatable bonds is 6. The SMILES string of the molecule is CCCB(CCC)CCC.[H-].[Na+]. The molecular formula is C9H22BNa. The van der Waals surface area contributed by atoms with Crippen LogP contribution in [0.1, 0.15) is 41.5 Å². The van der Waals surface area contributed by atoms with Gasteiger partial charge in [0.25, 0.3) is 0 Å². The van der Waals surface area contributed by atoms with Crippen molar-refractivity contribution in [1.29, 1.82) is 0 Å². The van der Waals surface area contributed by atoms with Crippen LogP contribution in [0.2, 0.25) is 19.0 Å². The van der Waals surface area contributed by atoms with Crippen LogP contribution in [0.5, 0.6) is 0 Å². The zero-order valence-electron chi connectivity index (χ0n) is 9.82. The van der Waals surface area contributed by atoms with Gasteiger partial charge in [-0.05, 0) is 0 Å². The van der Waals surface area contributed by atoms with Crippen molar-refractivity contribution in [2.45, 2.75) is 59.0 Å². The molecule has 0 heterocycles. The van der Waals surface area contributed by atoms with Crippen molar-refractivity contribution < 1.29 is 31.0 Å². The van der Waals surface area contributed by atoms with E-state index in [2.05, 4.69) is 20.8 Å². The van der Waals surface area contributed by atoms with Crippen LogP contribution < -0.4 is 29.6 Å². The third-order valence-electron chi connectivity index (χ3n) is 2.09. The molecule has 0 rings (SSSR count). The minimum Gasteiger partial charge on any atom is -1.00 e. The van der Waals surface area contributed by atoms with E-state index in [1.165, 1.54) is 38.2 Å². The fourth-order valence-electron chi connectivity index (χ4n) is 1.66. The van der Waals surface area contributed by atoms with E-state index in [0.29, 0.717) is 0 Å². The van der Waals surface area contributed by atoms with Gasteiger partial charge >= 0.3 is 29.6 Å². The van der Waals surface area contributed by atoms with Gasteiger partial charge in [0.05, 0.1) is 0 Å². The van der Waals surface area contributed by atoms with Crippen molar-refractivity contribution in [3.05, 3.63) is 0 Å². The first-order valence-corrected chi connectivity index (χ1v) is 4.85. The Balaban J connectivity index is -0.000000405. The molecular weight excluding hydrogens is 142 g/mol. The monoisotopic (exact) mass is 164 g/mol. The van der Waals surface area contributed by atoms with E-state index >= 15 is 0 Å². The van der Waals surface area contributed by atoms with Gasteiger partial charge in [-0.2, -0.15) is 0 Å². The van der Waals surface area contributed by atoms with Gasteiger partial charge in [-0.15, -0.1) is 0 Å². The first-order valence-electron chi connectivity index (χ1n) is 4.85. The van der Waals surface area contributed by atoms with E-state index in [-0.39, 0.29) is 31.0 Å². The maximum Gasteiger partial charge on any atom is 1.00 e. The van der Waals surface area contributed by atoms with Crippen molar-refractivity contribution in [1.82, 2.24) is 0 Å². The molecule has 0 N–H and O–H groups in total. The average Bonchev–Trinajstić information content (AvgIpc) is 1.90. The third-order valence-corrected chi connectivity index (χ3v) is 2.09. The minimum absolute atomic E-state index is 0. The Kier molecular flexibility index (Phi) is 14.7. The molecule has 0 amide bonds. The Hall–Kier alpha value is 1.06. The molecule has 0 unspecified atom stereocenters. The standard InChI is InChI=1S/C9H21B.Na.H/c1-4-7-10(8-5-2)9-6-3;;/h4-9H2,1-3H3;;/q;+1;-1. The van der Waals surface area contributed by atoms with Gasteiger partial charge in [-0.1, -0.05) is 59.0 Å². The topological polar surface area (TPSA) is 0 Å². The van der Waals surface area contributed by atoms with Crippen LogP contribution >= 0.6 is 0 Å². The van der Waals surface area contributed by atoms with Crippen LogP contribution in [0.25, 0.3) is 0 Å². The van der Waals surface area contributed by atoms with Crippen molar-refractivity contribution in [2.24, 2.45) is 0 Å². The molecule has 0 aromatic rings.